The van der Waals surface area contributed by atoms with E-state index in [1.165, 1.54) is 12.1 Å². The van der Waals surface area contributed by atoms with Gasteiger partial charge >= 0.3 is 5.97 Å². The van der Waals surface area contributed by atoms with Gasteiger partial charge < -0.3 is 9.52 Å². The van der Waals surface area contributed by atoms with Crippen LogP contribution < -0.4 is 0 Å². The van der Waals surface area contributed by atoms with Gasteiger partial charge in [-0.25, -0.2) is 4.79 Å². The molecule has 1 fully saturated rings. The van der Waals surface area contributed by atoms with E-state index in [-0.39, 0.29) is 22.3 Å². The van der Waals surface area contributed by atoms with Crippen LogP contribution in [0.3, 0.4) is 0 Å². The zero-order valence-electron chi connectivity index (χ0n) is 16.3. The minimum atomic E-state index is -0.998. The minimum absolute atomic E-state index is 0.0974. The number of furan rings is 1. The zero-order valence-corrected chi connectivity index (χ0v) is 17.9. The van der Waals surface area contributed by atoms with E-state index < -0.39 is 11.9 Å². The molecule has 0 bridgehead atoms. The Balaban J connectivity index is 1.56. The summed E-state index contributed by atoms with van der Waals surface area (Å²) in [6.07, 6.45) is 1.53. The molecule has 2 amide bonds. The molecule has 1 saturated heterocycles. The predicted octanol–water partition coefficient (Wildman–Crippen LogP) is 5.84. The van der Waals surface area contributed by atoms with Crippen LogP contribution in [-0.4, -0.2) is 27.1 Å². The number of imide groups is 1. The van der Waals surface area contributed by atoms with Crippen molar-refractivity contribution < 1.29 is 23.9 Å². The molecule has 1 aliphatic rings. The topological polar surface area (TPSA) is 87.8 Å². The molecule has 0 aliphatic carbocycles. The highest BCUT2D eigenvalue weighted by atomic mass is 35.5. The van der Waals surface area contributed by atoms with E-state index in [0.29, 0.717) is 22.1 Å². The molecule has 1 aromatic heterocycles. The van der Waals surface area contributed by atoms with Crippen LogP contribution in [0, 0.1) is 6.92 Å². The summed E-state index contributed by atoms with van der Waals surface area (Å²) in [4.78, 5) is 37.6. The molecule has 156 valence electrons. The second-order valence-electron chi connectivity index (χ2n) is 6.90. The lowest BCUT2D eigenvalue weighted by atomic mass is 10.0. The largest absolute Gasteiger partial charge is 0.478 e. The Bertz CT molecular complexity index is 1250. The highest BCUT2D eigenvalue weighted by Gasteiger charge is 2.35. The maximum absolute atomic E-state index is 12.7. The lowest BCUT2D eigenvalue weighted by molar-refractivity contribution is -0.123. The summed E-state index contributed by atoms with van der Waals surface area (Å²) in [6, 6.07) is 15.2. The van der Waals surface area contributed by atoms with Gasteiger partial charge in [0, 0.05) is 16.7 Å². The van der Waals surface area contributed by atoms with Crippen LogP contribution >= 0.6 is 23.4 Å². The van der Waals surface area contributed by atoms with Crippen LogP contribution in [0.4, 0.5) is 4.79 Å². The lowest BCUT2D eigenvalue weighted by Crippen LogP contribution is -2.27. The van der Waals surface area contributed by atoms with Gasteiger partial charge in [0.05, 0.1) is 17.0 Å². The smallest absolute Gasteiger partial charge is 0.335 e. The van der Waals surface area contributed by atoms with Crippen molar-refractivity contribution in [3.05, 3.63) is 87.0 Å². The summed E-state index contributed by atoms with van der Waals surface area (Å²) >= 11 is 6.99. The molecule has 1 N–H and O–H groups in total. The van der Waals surface area contributed by atoms with Gasteiger partial charge in [0.15, 0.2) is 0 Å². The Hall–Kier alpha value is -3.29. The first-order chi connectivity index (χ1) is 14.8. The number of thioether (sulfide) groups is 1. The molecule has 31 heavy (non-hydrogen) atoms. The lowest BCUT2D eigenvalue weighted by Gasteiger charge is -2.13. The third kappa shape index (κ3) is 4.28. The standard InChI is InChI=1S/C23H16ClNO5S/c1-13-10-14(22(27)28)6-8-17(13)19-9-7-16(30-19)11-20-21(26)25(23(29)31-20)12-15-4-2-3-5-18(15)24/h2-11H,12H2,1H3,(H,27,28)/b20-11-. The van der Waals surface area contributed by atoms with Crippen molar-refractivity contribution in [1.29, 1.82) is 0 Å². The normalized spacial score (nSPS) is 15.2. The van der Waals surface area contributed by atoms with E-state index in [4.69, 9.17) is 21.1 Å². The fourth-order valence-corrected chi connectivity index (χ4v) is 4.22. The van der Waals surface area contributed by atoms with Gasteiger partial charge in [-0.3, -0.25) is 14.5 Å². The van der Waals surface area contributed by atoms with Crippen molar-refractivity contribution in [2.45, 2.75) is 13.5 Å². The van der Waals surface area contributed by atoms with E-state index in [1.807, 2.05) is 0 Å². The Morgan fingerprint density at radius 2 is 1.94 bits per heavy atom. The Morgan fingerprint density at radius 3 is 2.65 bits per heavy atom. The highest BCUT2D eigenvalue weighted by Crippen LogP contribution is 2.35. The first kappa shape index (κ1) is 21.0. The molecule has 0 spiro atoms. The number of carboxylic acids is 1. The zero-order chi connectivity index (χ0) is 22.1. The first-order valence-electron chi connectivity index (χ1n) is 9.26. The molecule has 2 aromatic carbocycles. The number of carboxylic acid groups (broad SMARTS) is 1. The fourth-order valence-electron chi connectivity index (χ4n) is 3.21. The van der Waals surface area contributed by atoms with Crippen LogP contribution in [-0.2, 0) is 11.3 Å². The van der Waals surface area contributed by atoms with Gasteiger partial charge in [-0.15, -0.1) is 0 Å². The van der Waals surface area contributed by atoms with Crippen LogP contribution in [0.15, 0.2) is 63.9 Å². The van der Waals surface area contributed by atoms with Gasteiger partial charge in [-0.2, -0.15) is 0 Å². The number of aryl methyl sites for hydroxylation is 1. The summed E-state index contributed by atoms with van der Waals surface area (Å²) in [5.74, 6) is -0.451. The van der Waals surface area contributed by atoms with Crippen LogP contribution in [0.5, 0.6) is 0 Å². The van der Waals surface area contributed by atoms with Gasteiger partial charge in [0.2, 0.25) is 0 Å². The Morgan fingerprint density at radius 1 is 1.16 bits per heavy atom. The Kier molecular flexibility index (Phi) is 5.71. The van der Waals surface area contributed by atoms with E-state index in [2.05, 4.69) is 0 Å². The van der Waals surface area contributed by atoms with Gasteiger partial charge in [-0.1, -0.05) is 35.9 Å². The van der Waals surface area contributed by atoms with Crippen molar-refractivity contribution in [3.63, 3.8) is 0 Å². The maximum Gasteiger partial charge on any atom is 0.335 e. The minimum Gasteiger partial charge on any atom is -0.478 e. The molecular formula is C23H16ClNO5S. The summed E-state index contributed by atoms with van der Waals surface area (Å²) in [5.41, 5.74) is 2.38. The number of amides is 2. The molecule has 3 aromatic rings. The summed E-state index contributed by atoms with van der Waals surface area (Å²) < 4.78 is 5.83. The number of hydrogen-bond acceptors (Lipinski definition) is 5. The van der Waals surface area contributed by atoms with Crippen molar-refractivity contribution in [2.24, 2.45) is 0 Å². The van der Waals surface area contributed by atoms with Crippen LogP contribution in [0.25, 0.3) is 17.4 Å². The van der Waals surface area contributed by atoms with Crippen molar-refractivity contribution in [1.82, 2.24) is 4.90 Å². The summed E-state index contributed by atoms with van der Waals surface area (Å²) in [7, 11) is 0. The predicted molar refractivity (Wildman–Crippen MR) is 119 cm³/mol. The van der Waals surface area contributed by atoms with E-state index in [9.17, 15) is 14.4 Å². The number of halogens is 1. The van der Waals surface area contributed by atoms with Crippen molar-refractivity contribution >= 4 is 46.6 Å². The summed E-state index contributed by atoms with van der Waals surface area (Å²) in [5, 5.41) is 9.22. The second-order valence-corrected chi connectivity index (χ2v) is 8.30. The molecule has 4 rings (SSSR count). The van der Waals surface area contributed by atoms with E-state index >= 15 is 0 Å². The van der Waals surface area contributed by atoms with Crippen molar-refractivity contribution in [3.8, 4) is 11.3 Å². The fraction of sp³-hybridized carbons (Fsp3) is 0.0870. The molecule has 2 heterocycles. The average Bonchev–Trinajstić information content (AvgIpc) is 3.29. The number of benzene rings is 2. The number of nitrogens with zero attached hydrogens (tertiary/aromatic N) is 1. The molecule has 0 saturated carbocycles. The molecule has 8 heteroatoms. The third-order valence-corrected chi connectivity index (χ3v) is 6.07. The highest BCUT2D eigenvalue weighted by molar-refractivity contribution is 8.18. The number of carbonyl (C=O) groups excluding carboxylic acids is 2. The van der Waals surface area contributed by atoms with Crippen LogP contribution in [0.1, 0.15) is 27.2 Å². The van der Waals surface area contributed by atoms with Gasteiger partial charge in [-0.05, 0) is 60.1 Å². The van der Waals surface area contributed by atoms with E-state index in [0.717, 1.165) is 27.8 Å². The third-order valence-electron chi connectivity index (χ3n) is 4.80. The summed E-state index contributed by atoms with van der Waals surface area (Å²) in [6.45, 7) is 1.89. The Labute approximate surface area is 187 Å². The van der Waals surface area contributed by atoms with Gasteiger partial charge in [0.25, 0.3) is 11.1 Å². The maximum atomic E-state index is 12.7. The molecular weight excluding hydrogens is 438 g/mol. The first-order valence-corrected chi connectivity index (χ1v) is 10.5. The average molecular weight is 454 g/mol. The van der Waals surface area contributed by atoms with E-state index in [1.54, 1.807) is 55.5 Å². The molecule has 0 unspecified atom stereocenters. The monoisotopic (exact) mass is 453 g/mol. The number of hydrogen-bond donors (Lipinski definition) is 1. The second kappa shape index (κ2) is 8.45. The number of aromatic carboxylic acids is 1. The SMILES string of the molecule is Cc1cc(C(=O)O)ccc1-c1ccc(/C=C2\SC(=O)N(Cc3ccccc3Cl)C2=O)o1. The number of rotatable bonds is 5. The molecule has 6 nitrogen and oxygen atoms in total. The molecule has 0 atom stereocenters. The molecule has 0 radical (unpaired) electrons. The van der Waals surface area contributed by atoms with Gasteiger partial charge in [0.1, 0.15) is 11.5 Å². The van der Waals surface area contributed by atoms with Crippen LogP contribution in [0.2, 0.25) is 5.02 Å². The number of carbonyl (C=O) groups is 3. The quantitative estimate of drug-likeness (QED) is 0.488. The molecule has 1 aliphatic heterocycles. The van der Waals surface area contributed by atoms with Crippen molar-refractivity contribution in [2.75, 3.05) is 0 Å².